The van der Waals surface area contributed by atoms with Crippen molar-refractivity contribution in [1.82, 2.24) is 4.90 Å². The molecule has 4 heteroatoms. The summed E-state index contributed by atoms with van der Waals surface area (Å²) in [5.74, 6) is -0.575. The molecule has 1 N–H and O–H groups in total. The lowest BCUT2D eigenvalue weighted by Gasteiger charge is -2.34. The molecule has 1 heterocycles. The van der Waals surface area contributed by atoms with Gasteiger partial charge in [-0.15, -0.1) is 0 Å². The van der Waals surface area contributed by atoms with Crippen molar-refractivity contribution in [1.29, 1.82) is 0 Å². The summed E-state index contributed by atoms with van der Waals surface area (Å²) < 4.78 is 0. The van der Waals surface area contributed by atoms with Crippen molar-refractivity contribution in [2.24, 2.45) is 11.3 Å². The van der Waals surface area contributed by atoms with Crippen LogP contribution in [0.3, 0.4) is 0 Å². The van der Waals surface area contributed by atoms with Crippen molar-refractivity contribution in [3.63, 3.8) is 0 Å². The Balaban J connectivity index is 1.43. The number of hydrogen-bond donors (Lipinski definition) is 1. The normalized spacial score (nSPS) is 28.5. The van der Waals surface area contributed by atoms with E-state index in [1.54, 1.807) is 0 Å². The van der Waals surface area contributed by atoms with Crippen molar-refractivity contribution in [3.8, 4) is 0 Å². The van der Waals surface area contributed by atoms with E-state index >= 15 is 0 Å². The summed E-state index contributed by atoms with van der Waals surface area (Å²) in [4.78, 5) is 25.9. The molecule has 0 aromatic heterocycles. The van der Waals surface area contributed by atoms with E-state index in [9.17, 15) is 9.59 Å². The van der Waals surface area contributed by atoms with E-state index in [4.69, 9.17) is 5.11 Å². The standard InChI is InChI=1S/C18H21NO3/c20-16(14-6-5-12-3-1-2-4-13(12)14)19-9-7-18(8-10-19)11-15(18)17(21)22/h1-4,14-15H,5-11H2,(H,21,22). The number of carboxylic acid groups (broad SMARTS) is 1. The Hall–Kier alpha value is -1.84. The second-order valence-corrected chi connectivity index (χ2v) is 7.07. The summed E-state index contributed by atoms with van der Waals surface area (Å²) in [6.07, 6.45) is 4.41. The molecular formula is C18H21NO3. The van der Waals surface area contributed by atoms with E-state index in [0.29, 0.717) is 0 Å². The number of nitrogens with zero attached hydrogens (tertiary/aromatic N) is 1. The molecule has 1 spiro atoms. The van der Waals surface area contributed by atoms with Crippen molar-refractivity contribution in [2.45, 2.75) is 38.0 Å². The Kier molecular flexibility index (Phi) is 3.03. The first-order chi connectivity index (χ1) is 10.6. The minimum Gasteiger partial charge on any atom is -0.481 e. The lowest BCUT2D eigenvalue weighted by molar-refractivity contribution is -0.140. The van der Waals surface area contributed by atoms with Gasteiger partial charge in [0.1, 0.15) is 0 Å². The monoisotopic (exact) mass is 299 g/mol. The third kappa shape index (κ3) is 2.04. The van der Waals surface area contributed by atoms with Crippen LogP contribution in [0.4, 0.5) is 0 Å². The highest BCUT2D eigenvalue weighted by Gasteiger charge is 2.59. The number of hydrogen-bond acceptors (Lipinski definition) is 2. The number of carbonyl (C=O) groups excluding carboxylic acids is 1. The molecule has 4 nitrogen and oxygen atoms in total. The van der Waals surface area contributed by atoms with Gasteiger partial charge in [0.25, 0.3) is 0 Å². The molecule has 1 aromatic carbocycles. The molecule has 4 rings (SSSR count). The van der Waals surface area contributed by atoms with Crippen molar-refractivity contribution >= 4 is 11.9 Å². The van der Waals surface area contributed by atoms with E-state index in [2.05, 4.69) is 12.1 Å². The SMILES string of the molecule is O=C(O)C1CC12CCN(C(=O)C1CCc3ccccc31)CC2. The molecule has 1 aliphatic heterocycles. The van der Waals surface area contributed by atoms with Gasteiger partial charge in [0.15, 0.2) is 0 Å². The smallest absolute Gasteiger partial charge is 0.307 e. The molecule has 1 amide bonds. The minimum absolute atomic E-state index is 0.00377. The average molecular weight is 299 g/mol. The zero-order valence-electron chi connectivity index (χ0n) is 12.6. The summed E-state index contributed by atoms with van der Waals surface area (Å²) in [7, 11) is 0. The topological polar surface area (TPSA) is 57.6 Å². The van der Waals surface area contributed by atoms with Gasteiger partial charge in [-0.1, -0.05) is 24.3 Å². The van der Waals surface area contributed by atoms with Crippen LogP contribution in [0, 0.1) is 11.3 Å². The van der Waals surface area contributed by atoms with Gasteiger partial charge >= 0.3 is 5.97 Å². The van der Waals surface area contributed by atoms with Crippen molar-refractivity contribution < 1.29 is 14.7 Å². The highest BCUT2D eigenvalue weighted by Crippen LogP contribution is 2.59. The van der Waals surface area contributed by atoms with Crippen LogP contribution >= 0.6 is 0 Å². The highest BCUT2D eigenvalue weighted by atomic mass is 16.4. The molecule has 2 aliphatic carbocycles. The van der Waals surface area contributed by atoms with Crippen LogP contribution in [0.1, 0.15) is 42.7 Å². The molecule has 1 saturated heterocycles. The Bertz CT molecular complexity index is 631. The van der Waals surface area contributed by atoms with Crippen LogP contribution in [-0.2, 0) is 16.0 Å². The number of rotatable bonds is 2. The number of piperidine rings is 1. The van der Waals surface area contributed by atoms with E-state index in [1.165, 1.54) is 11.1 Å². The highest BCUT2D eigenvalue weighted by molar-refractivity contribution is 5.85. The largest absolute Gasteiger partial charge is 0.481 e. The van der Waals surface area contributed by atoms with Crippen LogP contribution in [0.2, 0.25) is 0 Å². The lowest BCUT2D eigenvalue weighted by atomic mass is 9.89. The first-order valence-corrected chi connectivity index (χ1v) is 8.20. The van der Waals surface area contributed by atoms with Gasteiger partial charge in [-0.25, -0.2) is 0 Å². The van der Waals surface area contributed by atoms with E-state index in [0.717, 1.165) is 45.2 Å². The number of carbonyl (C=O) groups is 2. The fraction of sp³-hybridized carbons (Fsp3) is 0.556. The molecule has 2 atom stereocenters. The van der Waals surface area contributed by atoms with E-state index in [1.807, 2.05) is 17.0 Å². The number of fused-ring (bicyclic) bond motifs is 1. The molecule has 0 bridgehead atoms. The lowest BCUT2D eigenvalue weighted by Crippen LogP contribution is -2.42. The molecule has 1 aromatic rings. The van der Waals surface area contributed by atoms with Crippen LogP contribution in [0.5, 0.6) is 0 Å². The molecule has 2 fully saturated rings. The van der Waals surface area contributed by atoms with E-state index < -0.39 is 5.97 Å². The summed E-state index contributed by atoms with van der Waals surface area (Å²) in [6.45, 7) is 1.45. The van der Waals surface area contributed by atoms with Gasteiger partial charge < -0.3 is 10.0 Å². The second kappa shape index (κ2) is 4.83. The second-order valence-electron chi connectivity index (χ2n) is 7.07. The summed E-state index contributed by atoms with van der Waals surface area (Å²) in [5.41, 5.74) is 2.50. The summed E-state index contributed by atoms with van der Waals surface area (Å²) in [5, 5.41) is 9.15. The molecule has 22 heavy (non-hydrogen) atoms. The Morgan fingerprint density at radius 3 is 2.59 bits per heavy atom. The predicted molar refractivity (Wildman–Crippen MR) is 81.5 cm³/mol. The maximum atomic E-state index is 12.8. The van der Waals surface area contributed by atoms with Crippen molar-refractivity contribution in [3.05, 3.63) is 35.4 Å². The molecular weight excluding hydrogens is 278 g/mol. The predicted octanol–water partition coefficient (Wildman–Crippen LogP) is 2.43. The third-order valence-corrected chi connectivity index (χ3v) is 5.99. The number of aliphatic carboxylic acids is 1. The minimum atomic E-state index is -0.663. The van der Waals surface area contributed by atoms with Crippen LogP contribution in [-0.4, -0.2) is 35.0 Å². The first kappa shape index (κ1) is 13.8. The van der Waals surface area contributed by atoms with Crippen LogP contribution in [0.15, 0.2) is 24.3 Å². The van der Waals surface area contributed by atoms with Gasteiger partial charge in [0.05, 0.1) is 11.8 Å². The van der Waals surface area contributed by atoms with Crippen molar-refractivity contribution in [2.75, 3.05) is 13.1 Å². The fourth-order valence-electron chi connectivity index (χ4n) is 4.46. The molecule has 116 valence electrons. The number of benzene rings is 1. The number of carboxylic acids is 1. The maximum Gasteiger partial charge on any atom is 0.307 e. The fourth-order valence-corrected chi connectivity index (χ4v) is 4.46. The molecule has 3 aliphatic rings. The first-order valence-electron chi connectivity index (χ1n) is 8.20. The maximum absolute atomic E-state index is 12.8. The molecule has 2 unspecified atom stereocenters. The van der Waals surface area contributed by atoms with Crippen LogP contribution in [0.25, 0.3) is 0 Å². The van der Waals surface area contributed by atoms with Gasteiger partial charge in [-0.2, -0.15) is 0 Å². The molecule has 0 radical (unpaired) electrons. The average Bonchev–Trinajstić information content (AvgIpc) is 3.06. The van der Waals surface area contributed by atoms with Gasteiger partial charge in [-0.3, -0.25) is 9.59 Å². The zero-order valence-corrected chi connectivity index (χ0v) is 12.6. The number of amides is 1. The quantitative estimate of drug-likeness (QED) is 0.912. The van der Waals surface area contributed by atoms with Gasteiger partial charge in [0, 0.05) is 13.1 Å². The third-order valence-electron chi connectivity index (χ3n) is 5.99. The number of aryl methyl sites for hydroxylation is 1. The molecule has 1 saturated carbocycles. The number of likely N-dealkylation sites (tertiary alicyclic amines) is 1. The summed E-state index contributed by atoms with van der Waals surface area (Å²) >= 11 is 0. The summed E-state index contributed by atoms with van der Waals surface area (Å²) in [6, 6.07) is 8.25. The zero-order chi connectivity index (χ0) is 15.3. The van der Waals surface area contributed by atoms with Gasteiger partial charge in [-0.05, 0) is 48.6 Å². The Morgan fingerprint density at radius 1 is 1.18 bits per heavy atom. The Labute approximate surface area is 130 Å². The Morgan fingerprint density at radius 2 is 1.91 bits per heavy atom. The van der Waals surface area contributed by atoms with Gasteiger partial charge in [0.2, 0.25) is 5.91 Å². The van der Waals surface area contributed by atoms with Crippen LogP contribution < -0.4 is 0 Å². The van der Waals surface area contributed by atoms with E-state index in [-0.39, 0.29) is 23.2 Å².